The molecule has 0 N–H and O–H groups in total. The normalized spacial score (nSPS) is 11.2. The molecule has 0 radical (unpaired) electrons. The molecule has 0 saturated heterocycles. The molecule has 0 aliphatic heterocycles. The van der Waals surface area contributed by atoms with E-state index < -0.39 is 0 Å². The largest absolute Gasteiger partial charge is 0.459 e. The lowest BCUT2D eigenvalue weighted by atomic mass is 10.1. The Morgan fingerprint density at radius 2 is 1.88 bits per heavy atom. The first-order valence-corrected chi connectivity index (χ1v) is 9.41. The fourth-order valence-electron chi connectivity index (χ4n) is 2.59. The van der Waals surface area contributed by atoms with Crippen LogP contribution >= 0.6 is 23.1 Å². The molecule has 26 heavy (non-hydrogen) atoms. The van der Waals surface area contributed by atoms with E-state index in [1.807, 2.05) is 18.2 Å². The van der Waals surface area contributed by atoms with Gasteiger partial charge >= 0.3 is 0 Å². The van der Waals surface area contributed by atoms with Crippen LogP contribution in [0.25, 0.3) is 33.0 Å². The van der Waals surface area contributed by atoms with Gasteiger partial charge in [0.2, 0.25) is 0 Å². The van der Waals surface area contributed by atoms with Crippen molar-refractivity contribution in [3.63, 3.8) is 0 Å². The molecule has 4 heterocycles. The summed E-state index contributed by atoms with van der Waals surface area (Å²) in [6.45, 7) is 0. The quantitative estimate of drug-likeness (QED) is 0.400. The van der Waals surface area contributed by atoms with Crippen LogP contribution in [0.1, 0.15) is 0 Å². The lowest BCUT2D eigenvalue weighted by Gasteiger charge is -2.02. The Labute approximate surface area is 155 Å². The molecule has 0 unspecified atom stereocenters. The minimum absolute atomic E-state index is 0.344. The van der Waals surface area contributed by atoms with E-state index >= 15 is 0 Å². The van der Waals surface area contributed by atoms with E-state index in [0.29, 0.717) is 16.9 Å². The van der Waals surface area contributed by atoms with E-state index in [4.69, 9.17) is 8.83 Å². The highest BCUT2D eigenvalue weighted by Gasteiger charge is 2.17. The second kappa shape index (κ2) is 6.40. The van der Waals surface area contributed by atoms with Crippen LogP contribution in [0.4, 0.5) is 0 Å². The zero-order valence-electron chi connectivity index (χ0n) is 13.2. The molecule has 6 nitrogen and oxygen atoms in total. The number of furan rings is 1. The van der Waals surface area contributed by atoms with Crippen molar-refractivity contribution in [2.75, 3.05) is 0 Å². The topological polar surface area (TPSA) is 77.8 Å². The molecular weight excluding hydrogens is 368 g/mol. The van der Waals surface area contributed by atoms with E-state index in [9.17, 15) is 0 Å². The Hall–Kier alpha value is -2.97. The van der Waals surface area contributed by atoms with E-state index in [2.05, 4.69) is 37.7 Å². The third-order valence-electron chi connectivity index (χ3n) is 3.74. The van der Waals surface area contributed by atoms with Gasteiger partial charge in [-0.1, -0.05) is 30.3 Å². The standard InChI is InChI=1S/C18H10N4O2S2/c1-2-5-11(6-3-1)12-9-25-16-14(12)17(20-10-19-16)26-18-22-21-15(24-18)13-7-4-8-23-13/h1-10H. The van der Waals surface area contributed by atoms with E-state index in [1.165, 1.54) is 11.8 Å². The fourth-order valence-corrected chi connectivity index (χ4v) is 4.35. The summed E-state index contributed by atoms with van der Waals surface area (Å²) in [5.74, 6) is 0.883. The number of fused-ring (bicyclic) bond motifs is 1. The maximum Gasteiger partial charge on any atom is 0.284 e. The second-order valence-electron chi connectivity index (χ2n) is 5.33. The predicted molar refractivity (Wildman–Crippen MR) is 99.0 cm³/mol. The van der Waals surface area contributed by atoms with Crippen LogP contribution < -0.4 is 0 Å². The van der Waals surface area contributed by atoms with Crippen LogP contribution in [-0.4, -0.2) is 20.2 Å². The predicted octanol–water partition coefficient (Wildman–Crippen LogP) is 5.15. The lowest BCUT2D eigenvalue weighted by Crippen LogP contribution is -1.86. The molecule has 126 valence electrons. The van der Waals surface area contributed by atoms with Crippen molar-refractivity contribution in [3.8, 4) is 22.8 Å². The smallest absolute Gasteiger partial charge is 0.284 e. The van der Waals surface area contributed by atoms with E-state index in [0.717, 1.165) is 26.4 Å². The van der Waals surface area contributed by atoms with Crippen molar-refractivity contribution in [2.24, 2.45) is 0 Å². The minimum Gasteiger partial charge on any atom is -0.459 e. The van der Waals surface area contributed by atoms with Gasteiger partial charge in [-0.15, -0.1) is 21.5 Å². The maximum absolute atomic E-state index is 5.69. The molecule has 8 heteroatoms. The van der Waals surface area contributed by atoms with Crippen LogP contribution in [0.5, 0.6) is 0 Å². The van der Waals surface area contributed by atoms with Crippen molar-refractivity contribution < 1.29 is 8.83 Å². The average Bonchev–Trinajstić information content (AvgIpc) is 3.43. The summed E-state index contributed by atoms with van der Waals surface area (Å²) in [5.41, 5.74) is 2.22. The Morgan fingerprint density at radius 3 is 2.73 bits per heavy atom. The Morgan fingerprint density at radius 1 is 0.962 bits per heavy atom. The van der Waals surface area contributed by atoms with E-state index in [-0.39, 0.29) is 0 Å². The number of hydrogen-bond donors (Lipinski definition) is 0. The fraction of sp³-hybridized carbons (Fsp3) is 0. The number of rotatable bonds is 4. The number of aromatic nitrogens is 4. The van der Waals surface area contributed by atoms with Gasteiger partial charge in [0.05, 0.1) is 11.6 Å². The molecular formula is C18H10N4O2S2. The molecule has 0 amide bonds. The average molecular weight is 378 g/mol. The van der Waals surface area contributed by atoms with Gasteiger partial charge in [-0.25, -0.2) is 9.97 Å². The number of benzene rings is 1. The van der Waals surface area contributed by atoms with Crippen molar-refractivity contribution in [3.05, 3.63) is 60.4 Å². The first-order valence-electron chi connectivity index (χ1n) is 7.71. The third kappa shape index (κ3) is 2.69. The Bertz CT molecular complexity index is 1170. The van der Waals surface area contributed by atoms with Crippen molar-refractivity contribution >= 4 is 33.3 Å². The Kier molecular flexibility index (Phi) is 3.76. The number of hydrogen-bond acceptors (Lipinski definition) is 8. The maximum atomic E-state index is 5.69. The van der Waals surface area contributed by atoms with Gasteiger partial charge in [-0.05, 0) is 29.5 Å². The summed E-state index contributed by atoms with van der Waals surface area (Å²) < 4.78 is 11.0. The first-order chi connectivity index (χ1) is 12.9. The first kappa shape index (κ1) is 15.3. The second-order valence-corrected chi connectivity index (χ2v) is 7.13. The number of nitrogens with zero attached hydrogens (tertiary/aromatic N) is 4. The minimum atomic E-state index is 0.344. The van der Waals surface area contributed by atoms with Gasteiger partial charge in [0, 0.05) is 10.9 Å². The van der Waals surface area contributed by atoms with Gasteiger partial charge in [0.15, 0.2) is 5.76 Å². The summed E-state index contributed by atoms with van der Waals surface area (Å²) in [6, 6.07) is 13.7. The molecule has 0 bridgehead atoms. The van der Waals surface area contributed by atoms with Crippen LogP contribution in [0.2, 0.25) is 0 Å². The summed E-state index contributed by atoms with van der Waals surface area (Å²) in [5, 5.41) is 12.4. The highest BCUT2D eigenvalue weighted by atomic mass is 32.2. The molecule has 0 fully saturated rings. The molecule has 0 aliphatic carbocycles. The molecule has 0 aliphatic rings. The van der Waals surface area contributed by atoms with Crippen LogP contribution in [0, 0.1) is 0 Å². The van der Waals surface area contributed by atoms with E-state index in [1.54, 1.807) is 36.1 Å². The molecule has 0 saturated carbocycles. The van der Waals surface area contributed by atoms with Gasteiger partial charge in [-0.3, -0.25) is 0 Å². The van der Waals surface area contributed by atoms with Crippen molar-refractivity contribution in [1.29, 1.82) is 0 Å². The zero-order chi connectivity index (χ0) is 17.3. The van der Waals surface area contributed by atoms with Crippen LogP contribution in [-0.2, 0) is 0 Å². The van der Waals surface area contributed by atoms with Crippen molar-refractivity contribution in [2.45, 2.75) is 10.2 Å². The van der Waals surface area contributed by atoms with Crippen molar-refractivity contribution in [1.82, 2.24) is 20.2 Å². The van der Waals surface area contributed by atoms with Gasteiger partial charge in [0.25, 0.3) is 11.1 Å². The zero-order valence-corrected chi connectivity index (χ0v) is 14.8. The molecule has 0 atom stereocenters. The molecule has 5 aromatic rings. The van der Waals surface area contributed by atoms with Crippen LogP contribution in [0.15, 0.2) is 79.5 Å². The molecule has 4 aromatic heterocycles. The molecule has 5 rings (SSSR count). The summed E-state index contributed by atoms with van der Waals surface area (Å²) >= 11 is 2.91. The summed E-state index contributed by atoms with van der Waals surface area (Å²) in [7, 11) is 0. The highest BCUT2D eigenvalue weighted by Crippen LogP contribution is 2.40. The summed E-state index contributed by atoms with van der Waals surface area (Å²) in [6.07, 6.45) is 3.12. The van der Waals surface area contributed by atoms with Gasteiger partial charge in [-0.2, -0.15) is 0 Å². The lowest BCUT2D eigenvalue weighted by molar-refractivity contribution is 0.447. The monoisotopic (exact) mass is 378 g/mol. The Balaban J connectivity index is 1.56. The molecule has 0 spiro atoms. The number of thiophene rings is 1. The van der Waals surface area contributed by atoms with Gasteiger partial charge < -0.3 is 8.83 Å². The SMILES string of the molecule is c1ccc(-c2csc3ncnc(Sc4nnc(-c5ccco5)o4)c23)cc1. The molecule has 1 aromatic carbocycles. The summed E-state index contributed by atoms with van der Waals surface area (Å²) in [4.78, 5) is 9.75. The highest BCUT2D eigenvalue weighted by molar-refractivity contribution is 7.99. The van der Waals surface area contributed by atoms with Gasteiger partial charge in [0.1, 0.15) is 16.2 Å². The third-order valence-corrected chi connectivity index (χ3v) is 5.47. The van der Waals surface area contributed by atoms with Crippen LogP contribution in [0.3, 0.4) is 0 Å².